The Morgan fingerprint density at radius 2 is 1.95 bits per heavy atom. The van der Waals surface area contributed by atoms with E-state index in [4.69, 9.17) is 0 Å². The van der Waals surface area contributed by atoms with Crippen LogP contribution in [0.1, 0.15) is 20.3 Å². The topological polar surface area (TPSA) is 66.7 Å². The first-order valence-electron chi connectivity index (χ1n) is 6.62. The molecule has 0 bridgehead atoms. The third kappa shape index (κ3) is 2.03. The lowest BCUT2D eigenvalue weighted by Gasteiger charge is -2.28. The van der Waals surface area contributed by atoms with Gasteiger partial charge in [0.2, 0.25) is 0 Å². The van der Waals surface area contributed by atoms with Crippen molar-refractivity contribution in [2.45, 2.75) is 26.4 Å². The molecule has 116 valence electrons. The molecule has 0 saturated carbocycles. The van der Waals surface area contributed by atoms with Gasteiger partial charge in [-0.05, 0) is 5.41 Å². The van der Waals surface area contributed by atoms with Crippen LogP contribution in [0.3, 0.4) is 0 Å². The quantitative estimate of drug-likeness (QED) is 0.748. The number of Topliss-reactive ketones (excluding diaryl/α,β-unsaturated/α-hetero) is 1. The molecule has 1 unspecified atom stereocenters. The van der Waals surface area contributed by atoms with E-state index >= 15 is 0 Å². The van der Waals surface area contributed by atoms with Gasteiger partial charge in [-0.1, -0.05) is 19.9 Å². The van der Waals surface area contributed by atoms with Crippen molar-refractivity contribution in [2.75, 3.05) is 0 Å². The summed E-state index contributed by atoms with van der Waals surface area (Å²) in [6.45, 7) is 3.53. The molecule has 0 amide bonds. The maximum absolute atomic E-state index is 13.2. The smallest absolute Gasteiger partial charge is 0.403 e. The van der Waals surface area contributed by atoms with Crippen molar-refractivity contribution in [1.29, 1.82) is 0 Å². The molecule has 1 atom stereocenters. The van der Waals surface area contributed by atoms with Crippen LogP contribution in [0.4, 0.5) is 13.2 Å². The van der Waals surface area contributed by atoms with Crippen molar-refractivity contribution < 1.29 is 27.9 Å². The van der Waals surface area contributed by atoms with Gasteiger partial charge in [-0.2, -0.15) is 13.2 Å². The lowest BCUT2D eigenvalue weighted by atomic mass is 9.75. The Morgan fingerprint density at radius 3 is 2.55 bits per heavy atom. The highest BCUT2D eigenvalue weighted by Gasteiger charge is 2.54. The van der Waals surface area contributed by atoms with E-state index in [1.807, 2.05) is 0 Å². The van der Waals surface area contributed by atoms with Gasteiger partial charge in [0, 0.05) is 23.6 Å². The van der Waals surface area contributed by atoms with Gasteiger partial charge in [-0.25, -0.2) is 4.99 Å². The molecule has 2 aliphatic carbocycles. The van der Waals surface area contributed by atoms with Crippen LogP contribution in [-0.2, 0) is 9.59 Å². The average molecular weight is 311 g/mol. The zero-order valence-corrected chi connectivity index (χ0v) is 11.8. The molecule has 1 N–H and O–H groups in total. The van der Waals surface area contributed by atoms with E-state index in [9.17, 15) is 27.9 Å². The summed E-state index contributed by atoms with van der Waals surface area (Å²) in [5, 5.41) is 9.77. The number of alkyl halides is 3. The molecule has 1 aliphatic heterocycles. The zero-order valence-electron chi connectivity index (χ0n) is 11.8. The molecule has 0 saturated heterocycles. The van der Waals surface area contributed by atoms with E-state index in [2.05, 4.69) is 4.99 Å². The van der Waals surface area contributed by atoms with Gasteiger partial charge in [0.05, 0.1) is 5.70 Å². The highest BCUT2D eigenvalue weighted by Crippen LogP contribution is 2.47. The maximum atomic E-state index is 13.2. The van der Waals surface area contributed by atoms with Crippen molar-refractivity contribution >= 4 is 17.3 Å². The van der Waals surface area contributed by atoms with Crippen LogP contribution in [0.2, 0.25) is 0 Å². The molecule has 3 aliphatic rings. The SMILES string of the molecule is CC1(C)C=C2N=C3C(O)=CC(=O)C(C(F)(F)F)C3=C2C(=O)C1. The normalized spacial score (nSPS) is 27.1. The Morgan fingerprint density at radius 1 is 1.32 bits per heavy atom. The number of carbonyl (C=O) groups excluding carboxylic acids is 2. The second-order valence-electron chi connectivity index (χ2n) is 6.27. The van der Waals surface area contributed by atoms with Crippen molar-refractivity contribution in [3.8, 4) is 0 Å². The summed E-state index contributed by atoms with van der Waals surface area (Å²) in [4.78, 5) is 28.0. The van der Waals surface area contributed by atoms with Gasteiger partial charge in [-0.15, -0.1) is 0 Å². The largest absolute Gasteiger partial charge is 0.506 e. The molecular formula is C15H12F3NO3. The number of aliphatic hydroxyl groups excluding tert-OH is 1. The van der Waals surface area contributed by atoms with Crippen LogP contribution in [-0.4, -0.2) is 28.6 Å². The van der Waals surface area contributed by atoms with E-state index in [1.54, 1.807) is 19.9 Å². The number of ketones is 2. The molecular weight excluding hydrogens is 299 g/mol. The molecule has 0 aromatic heterocycles. The number of fused-ring (bicyclic) bond motifs is 2. The molecule has 4 nitrogen and oxygen atoms in total. The summed E-state index contributed by atoms with van der Waals surface area (Å²) in [6.07, 6.45) is -2.69. The first-order valence-corrected chi connectivity index (χ1v) is 6.62. The van der Waals surface area contributed by atoms with Crippen molar-refractivity contribution in [3.63, 3.8) is 0 Å². The number of aliphatic imine (C=N–C) groups is 1. The minimum absolute atomic E-state index is 0.0291. The lowest BCUT2D eigenvalue weighted by Crippen LogP contribution is -2.38. The zero-order chi connectivity index (χ0) is 16.4. The highest BCUT2D eigenvalue weighted by molar-refractivity contribution is 6.27. The van der Waals surface area contributed by atoms with Gasteiger partial charge in [0.15, 0.2) is 11.6 Å². The third-order valence-electron chi connectivity index (χ3n) is 3.86. The molecule has 0 aromatic rings. The number of hydrogen-bond acceptors (Lipinski definition) is 4. The molecule has 7 heteroatoms. The number of hydrogen-bond donors (Lipinski definition) is 1. The molecule has 22 heavy (non-hydrogen) atoms. The molecule has 0 aromatic carbocycles. The van der Waals surface area contributed by atoms with Gasteiger partial charge in [-0.3, -0.25) is 9.59 Å². The number of halogens is 3. The first kappa shape index (κ1) is 14.7. The van der Waals surface area contributed by atoms with E-state index in [0.29, 0.717) is 6.08 Å². The second kappa shape index (κ2) is 4.18. The number of rotatable bonds is 0. The van der Waals surface area contributed by atoms with Crippen molar-refractivity contribution in [1.82, 2.24) is 0 Å². The van der Waals surface area contributed by atoms with E-state index < -0.39 is 40.4 Å². The van der Waals surface area contributed by atoms with Crippen molar-refractivity contribution in [3.05, 3.63) is 34.8 Å². The van der Waals surface area contributed by atoms with Crippen LogP contribution in [0.25, 0.3) is 0 Å². The van der Waals surface area contributed by atoms with Gasteiger partial charge >= 0.3 is 6.18 Å². The molecule has 0 radical (unpaired) electrons. The Labute approximate surface area is 123 Å². The first-order chi connectivity index (χ1) is 10.0. The standard InChI is InChI=1S/C15H12F3NO3/c1-14(2)4-6-10(9(22)5-14)11-12(15(16,17)18)7(20)3-8(21)13(11)19-6/h3-4,12,21H,5H2,1-2H3. The summed E-state index contributed by atoms with van der Waals surface area (Å²) in [6, 6.07) is 0. The summed E-state index contributed by atoms with van der Waals surface area (Å²) >= 11 is 0. The van der Waals surface area contributed by atoms with Gasteiger partial charge in [0.25, 0.3) is 0 Å². The minimum Gasteiger partial charge on any atom is -0.506 e. The second-order valence-corrected chi connectivity index (χ2v) is 6.27. The third-order valence-corrected chi connectivity index (χ3v) is 3.86. The molecule has 1 heterocycles. The van der Waals surface area contributed by atoms with E-state index in [1.165, 1.54) is 0 Å². The van der Waals surface area contributed by atoms with Gasteiger partial charge in [0.1, 0.15) is 17.4 Å². The number of nitrogens with zero attached hydrogens (tertiary/aromatic N) is 1. The van der Waals surface area contributed by atoms with Crippen LogP contribution < -0.4 is 0 Å². The lowest BCUT2D eigenvalue weighted by molar-refractivity contribution is -0.169. The Kier molecular flexibility index (Phi) is 2.80. The fraction of sp³-hybridized carbons (Fsp3) is 0.400. The van der Waals surface area contributed by atoms with Crippen LogP contribution in [0, 0.1) is 11.3 Å². The van der Waals surface area contributed by atoms with E-state index in [-0.39, 0.29) is 23.4 Å². The number of allylic oxidation sites excluding steroid dienone is 4. The van der Waals surface area contributed by atoms with Crippen molar-refractivity contribution in [2.24, 2.45) is 16.3 Å². The Balaban J connectivity index is 2.30. The number of carbonyl (C=O) groups is 2. The van der Waals surface area contributed by atoms with E-state index in [0.717, 1.165) is 0 Å². The monoisotopic (exact) mass is 311 g/mol. The predicted molar refractivity (Wildman–Crippen MR) is 71.2 cm³/mol. The Bertz CT molecular complexity index is 736. The minimum atomic E-state index is -4.85. The summed E-state index contributed by atoms with van der Waals surface area (Å²) in [5.74, 6) is -4.86. The fourth-order valence-corrected chi connectivity index (χ4v) is 3.04. The molecule has 0 fully saturated rings. The average Bonchev–Trinajstić information content (AvgIpc) is 2.64. The molecule has 3 rings (SSSR count). The van der Waals surface area contributed by atoms with Crippen LogP contribution in [0.15, 0.2) is 39.7 Å². The predicted octanol–water partition coefficient (Wildman–Crippen LogP) is 2.82. The van der Waals surface area contributed by atoms with Gasteiger partial charge < -0.3 is 5.11 Å². The van der Waals surface area contributed by atoms with Crippen LogP contribution >= 0.6 is 0 Å². The highest BCUT2D eigenvalue weighted by atomic mass is 19.4. The fourth-order valence-electron chi connectivity index (χ4n) is 3.04. The maximum Gasteiger partial charge on any atom is 0.403 e. The number of aliphatic hydroxyl groups is 1. The summed E-state index contributed by atoms with van der Waals surface area (Å²) < 4.78 is 39.7. The van der Waals surface area contributed by atoms with Crippen LogP contribution in [0.5, 0.6) is 0 Å². The summed E-state index contributed by atoms with van der Waals surface area (Å²) in [5.41, 5.74) is -1.45. The molecule has 0 spiro atoms. The Hall–Kier alpha value is -2.18. The summed E-state index contributed by atoms with van der Waals surface area (Å²) in [7, 11) is 0.